The van der Waals surface area contributed by atoms with Crippen molar-refractivity contribution in [3.8, 4) is 5.75 Å². The maximum Gasteiger partial charge on any atom is 0.240 e. The molecule has 0 bridgehead atoms. The lowest BCUT2D eigenvalue weighted by atomic mass is 9.82. The van der Waals surface area contributed by atoms with E-state index in [2.05, 4.69) is 10.3 Å². The van der Waals surface area contributed by atoms with E-state index < -0.39 is 0 Å². The Kier molecular flexibility index (Phi) is 3.98. The number of fused-ring (bicyclic) bond motifs is 1. The van der Waals surface area contributed by atoms with Crippen molar-refractivity contribution < 1.29 is 14.3 Å². The summed E-state index contributed by atoms with van der Waals surface area (Å²) in [6, 6.07) is 7.94. The van der Waals surface area contributed by atoms with E-state index in [0.717, 1.165) is 30.6 Å². The van der Waals surface area contributed by atoms with Crippen molar-refractivity contribution in [3.05, 3.63) is 48.5 Å². The standard InChI is InChI=1S/C18H21N3O3/c22-17(12-21-8-7-19-13-21)20-15-11-18(5-9-23-10-6-18)24-16-4-2-1-3-14(15)16/h1-4,7-8,13,15H,5-6,9-12H2,(H,20,22). The predicted molar refractivity (Wildman–Crippen MR) is 87.6 cm³/mol. The van der Waals surface area contributed by atoms with Gasteiger partial charge in [0.2, 0.25) is 5.91 Å². The van der Waals surface area contributed by atoms with Crippen molar-refractivity contribution in [2.24, 2.45) is 0 Å². The summed E-state index contributed by atoms with van der Waals surface area (Å²) >= 11 is 0. The lowest BCUT2D eigenvalue weighted by Gasteiger charge is -2.44. The number of amides is 1. The molecule has 2 aliphatic rings. The highest BCUT2D eigenvalue weighted by atomic mass is 16.5. The quantitative estimate of drug-likeness (QED) is 0.937. The van der Waals surface area contributed by atoms with E-state index in [4.69, 9.17) is 9.47 Å². The average molecular weight is 327 g/mol. The Bertz CT molecular complexity index is 708. The number of ether oxygens (including phenoxy) is 2. The van der Waals surface area contributed by atoms with Gasteiger partial charge in [0, 0.05) is 37.2 Å². The number of para-hydroxylation sites is 1. The molecule has 1 atom stereocenters. The third-order valence-corrected chi connectivity index (χ3v) is 4.82. The second kappa shape index (κ2) is 6.28. The summed E-state index contributed by atoms with van der Waals surface area (Å²) in [7, 11) is 0. The number of nitrogens with one attached hydrogen (secondary N) is 1. The minimum Gasteiger partial charge on any atom is -0.487 e. The van der Waals surface area contributed by atoms with Gasteiger partial charge in [0.25, 0.3) is 0 Å². The fraction of sp³-hybridized carbons (Fsp3) is 0.444. The van der Waals surface area contributed by atoms with Crippen LogP contribution in [-0.2, 0) is 16.1 Å². The molecule has 0 saturated carbocycles. The molecule has 1 aromatic carbocycles. The molecule has 126 valence electrons. The third-order valence-electron chi connectivity index (χ3n) is 4.82. The van der Waals surface area contributed by atoms with Gasteiger partial charge in [-0.25, -0.2) is 4.98 Å². The zero-order valence-corrected chi connectivity index (χ0v) is 13.5. The molecule has 1 aromatic heterocycles. The Morgan fingerprint density at radius 2 is 2.17 bits per heavy atom. The first kappa shape index (κ1) is 15.2. The minimum atomic E-state index is -0.237. The van der Waals surface area contributed by atoms with Gasteiger partial charge in [0.05, 0.1) is 25.6 Å². The molecule has 3 heterocycles. The highest BCUT2D eigenvalue weighted by Gasteiger charge is 2.42. The zero-order chi connectivity index (χ0) is 16.4. The molecule has 1 N–H and O–H groups in total. The number of imidazole rings is 1. The molecule has 1 unspecified atom stereocenters. The van der Waals surface area contributed by atoms with Gasteiger partial charge in [0.15, 0.2) is 0 Å². The van der Waals surface area contributed by atoms with Gasteiger partial charge in [-0.3, -0.25) is 4.79 Å². The van der Waals surface area contributed by atoms with Crippen LogP contribution in [0.15, 0.2) is 43.0 Å². The van der Waals surface area contributed by atoms with Gasteiger partial charge in [-0.1, -0.05) is 18.2 Å². The highest BCUT2D eigenvalue weighted by molar-refractivity contribution is 5.76. The van der Waals surface area contributed by atoms with Crippen LogP contribution in [0.5, 0.6) is 5.75 Å². The van der Waals surface area contributed by atoms with E-state index in [-0.39, 0.29) is 24.1 Å². The van der Waals surface area contributed by atoms with Crippen molar-refractivity contribution in [2.75, 3.05) is 13.2 Å². The van der Waals surface area contributed by atoms with Crippen LogP contribution in [-0.4, -0.2) is 34.3 Å². The SMILES string of the molecule is O=C(Cn1ccnc1)NC1CC2(CCOCC2)Oc2ccccc21. The lowest BCUT2D eigenvalue weighted by Crippen LogP contribution is -2.48. The topological polar surface area (TPSA) is 65.4 Å². The van der Waals surface area contributed by atoms with Crippen LogP contribution >= 0.6 is 0 Å². The van der Waals surface area contributed by atoms with E-state index in [1.54, 1.807) is 23.3 Å². The number of carbonyl (C=O) groups excluding carboxylic acids is 1. The van der Waals surface area contributed by atoms with E-state index >= 15 is 0 Å². The van der Waals surface area contributed by atoms with Gasteiger partial charge < -0.3 is 19.4 Å². The largest absolute Gasteiger partial charge is 0.487 e. The molecule has 2 aromatic rings. The first-order chi connectivity index (χ1) is 11.7. The van der Waals surface area contributed by atoms with Gasteiger partial charge in [-0.2, -0.15) is 0 Å². The van der Waals surface area contributed by atoms with E-state index in [0.29, 0.717) is 13.2 Å². The Labute approximate surface area is 140 Å². The molecule has 1 saturated heterocycles. The van der Waals surface area contributed by atoms with Crippen molar-refractivity contribution >= 4 is 5.91 Å². The molecule has 4 rings (SSSR count). The van der Waals surface area contributed by atoms with E-state index in [1.807, 2.05) is 24.3 Å². The molecule has 0 aliphatic carbocycles. The lowest BCUT2D eigenvalue weighted by molar-refractivity contribution is -0.123. The molecule has 2 aliphatic heterocycles. The normalized spacial score (nSPS) is 21.8. The third kappa shape index (κ3) is 3.01. The van der Waals surface area contributed by atoms with Crippen LogP contribution < -0.4 is 10.1 Å². The first-order valence-corrected chi connectivity index (χ1v) is 8.35. The Morgan fingerprint density at radius 3 is 2.96 bits per heavy atom. The summed E-state index contributed by atoms with van der Waals surface area (Å²) < 4.78 is 13.6. The molecular formula is C18H21N3O3. The van der Waals surface area contributed by atoms with Crippen LogP contribution in [0.25, 0.3) is 0 Å². The highest BCUT2D eigenvalue weighted by Crippen LogP contribution is 2.43. The molecule has 1 amide bonds. The van der Waals surface area contributed by atoms with E-state index in [9.17, 15) is 4.79 Å². The number of benzene rings is 1. The zero-order valence-electron chi connectivity index (χ0n) is 13.5. The fourth-order valence-corrected chi connectivity index (χ4v) is 3.58. The smallest absolute Gasteiger partial charge is 0.240 e. The van der Waals surface area contributed by atoms with Crippen molar-refractivity contribution in [1.29, 1.82) is 0 Å². The second-order valence-electron chi connectivity index (χ2n) is 6.49. The first-order valence-electron chi connectivity index (χ1n) is 8.35. The monoisotopic (exact) mass is 327 g/mol. The van der Waals surface area contributed by atoms with Crippen LogP contribution in [0, 0.1) is 0 Å². The molecule has 1 fully saturated rings. The molecule has 6 heteroatoms. The summed E-state index contributed by atoms with van der Waals surface area (Å²) in [6.07, 6.45) is 7.61. The summed E-state index contributed by atoms with van der Waals surface area (Å²) in [6.45, 7) is 1.69. The maximum atomic E-state index is 12.4. The van der Waals surface area contributed by atoms with E-state index in [1.165, 1.54) is 0 Å². The average Bonchev–Trinajstić information content (AvgIpc) is 3.08. The Hall–Kier alpha value is -2.34. The number of carbonyl (C=O) groups is 1. The number of aromatic nitrogens is 2. The van der Waals surface area contributed by atoms with Gasteiger partial charge in [0.1, 0.15) is 17.9 Å². The van der Waals surface area contributed by atoms with Gasteiger partial charge in [-0.15, -0.1) is 0 Å². The fourth-order valence-electron chi connectivity index (χ4n) is 3.58. The van der Waals surface area contributed by atoms with Crippen LogP contribution in [0.2, 0.25) is 0 Å². The number of hydrogen-bond donors (Lipinski definition) is 1. The molecule has 0 radical (unpaired) electrons. The van der Waals surface area contributed by atoms with Gasteiger partial charge >= 0.3 is 0 Å². The summed E-state index contributed by atoms with van der Waals surface area (Å²) in [5, 5.41) is 3.18. The molecule has 24 heavy (non-hydrogen) atoms. The van der Waals surface area contributed by atoms with Crippen molar-refractivity contribution in [3.63, 3.8) is 0 Å². The number of nitrogens with zero attached hydrogens (tertiary/aromatic N) is 2. The number of hydrogen-bond acceptors (Lipinski definition) is 4. The van der Waals surface area contributed by atoms with Crippen LogP contribution in [0.3, 0.4) is 0 Å². The van der Waals surface area contributed by atoms with Crippen LogP contribution in [0.1, 0.15) is 30.9 Å². The Balaban J connectivity index is 1.55. The molecule has 6 nitrogen and oxygen atoms in total. The molecule has 1 spiro atoms. The van der Waals surface area contributed by atoms with Crippen LogP contribution in [0.4, 0.5) is 0 Å². The summed E-state index contributed by atoms with van der Waals surface area (Å²) in [5.74, 6) is 0.857. The second-order valence-corrected chi connectivity index (χ2v) is 6.49. The van der Waals surface area contributed by atoms with Crippen molar-refractivity contribution in [1.82, 2.24) is 14.9 Å². The predicted octanol–water partition coefficient (Wildman–Crippen LogP) is 2.07. The summed E-state index contributed by atoms with van der Waals surface area (Å²) in [4.78, 5) is 16.4. The van der Waals surface area contributed by atoms with Crippen molar-refractivity contribution in [2.45, 2.75) is 37.5 Å². The minimum absolute atomic E-state index is 0.0167. The maximum absolute atomic E-state index is 12.4. The molecular weight excluding hydrogens is 306 g/mol. The van der Waals surface area contributed by atoms with Gasteiger partial charge in [-0.05, 0) is 6.07 Å². The Morgan fingerprint density at radius 1 is 1.33 bits per heavy atom. The summed E-state index contributed by atoms with van der Waals surface area (Å²) in [5.41, 5.74) is 0.813. The number of rotatable bonds is 3.